The van der Waals surface area contributed by atoms with Crippen LogP contribution in [0.3, 0.4) is 0 Å². The Morgan fingerprint density at radius 3 is 2.52 bits per heavy atom. The Bertz CT molecular complexity index is 1690. The quantitative estimate of drug-likeness (QED) is 0.293. The Morgan fingerprint density at radius 1 is 1.10 bits per heavy atom. The number of benzene rings is 2. The van der Waals surface area contributed by atoms with E-state index < -0.39 is 21.9 Å². The lowest BCUT2D eigenvalue weighted by Crippen LogP contribution is -2.57. The van der Waals surface area contributed by atoms with Crippen LogP contribution in [0.25, 0.3) is 0 Å². The van der Waals surface area contributed by atoms with E-state index >= 15 is 0 Å². The molecule has 48 heavy (non-hydrogen) atoms. The van der Waals surface area contributed by atoms with Crippen LogP contribution in [0.5, 0.6) is 5.75 Å². The van der Waals surface area contributed by atoms with Gasteiger partial charge in [-0.1, -0.05) is 18.2 Å². The van der Waals surface area contributed by atoms with Crippen molar-refractivity contribution in [2.24, 2.45) is 0 Å². The van der Waals surface area contributed by atoms with Gasteiger partial charge in [0.2, 0.25) is 22.2 Å². The van der Waals surface area contributed by atoms with Crippen molar-refractivity contribution in [3.05, 3.63) is 88.8 Å². The van der Waals surface area contributed by atoms with E-state index in [-0.39, 0.29) is 54.7 Å². The van der Waals surface area contributed by atoms with Crippen molar-refractivity contribution in [2.45, 2.75) is 41.9 Å². The second-order valence-electron chi connectivity index (χ2n) is 11.9. The smallest absolute Gasteiger partial charge is 0.288 e. The molecule has 256 valence electrons. The number of carbonyl (C=O) groups is 2. The third-order valence-electron chi connectivity index (χ3n) is 9.21. The fourth-order valence-electron chi connectivity index (χ4n) is 6.54. The SMILES string of the molecule is COc1ccc(S(=O)(=O)N(CCO)CCO[C@H]2C[C@@H](c3ccsc3)C=C(C(=O)N3CCC4(CC3)C(=O)NCN4c3ccccc3)O2)cc1. The number of anilines is 1. The molecule has 0 bridgehead atoms. The Labute approximate surface area is 284 Å². The Morgan fingerprint density at radius 2 is 1.85 bits per heavy atom. The van der Waals surface area contributed by atoms with Crippen LogP contribution in [0.1, 0.15) is 30.7 Å². The molecule has 2 atom stereocenters. The number of sulfonamides is 1. The summed E-state index contributed by atoms with van der Waals surface area (Å²) < 4.78 is 45.2. The van der Waals surface area contributed by atoms with Gasteiger partial charge < -0.3 is 34.4 Å². The van der Waals surface area contributed by atoms with Crippen LogP contribution in [0.2, 0.25) is 0 Å². The molecule has 1 spiro atoms. The summed E-state index contributed by atoms with van der Waals surface area (Å²) in [6, 6.07) is 17.9. The third kappa shape index (κ3) is 6.94. The number of allylic oxidation sites excluding steroid dienone is 1. The lowest BCUT2D eigenvalue weighted by atomic mass is 9.85. The molecule has 14 heteroatoms. The number of aliphatic hydroxyl groups is 1. The molecule has 3 aromatic rings. The van der Waals surface area contributed by atoms with E-state index in [0.717, 1.165) is 15.6 Å². The Hall–Kier alpha value is -3.95. The maximum Gasteiger partial charge on any atom is 0.288 e. The first-order valence-electron chi connectivity index (χ1n) is 15.9. The molecule has 1 aromatic heterocycles. The zero-order valence-corrected chi connectivity index (χ0v) is 28.3. The summed E-state index contributed by atoms with van der Waals surface area (Å²) in [6.07, 6.45) is 2.42. The molecule has 3 aliphatic heterocycles. The summed E-state index contributed by atoms with van der Waals surface area (Å²) in [7, 11) is -2.42. The summed E-state index contributed by atoms with van der Waals surface area (Å²) in [5, 5.41) is 16.6. The molecule has 0 saturated carbocycles. The number of aliphatic hydroxyl groups excluding tert-OH is 1. The number of para-hydroxylation sites is 1. The number of piperidine rings is 1. The van der Waals surface area contributed by atoms with Crippen molar-refractivity contribution >= 4 is 38.9 Å². The van der Waals surface area contributed by atoms with Crippen molar-refractivity contribution in [1.29, 1.82) is 0 Å². The van der Waals surface area contributed by atoms with Gasteiger partial charge in [0.1, 0.15) is 11.3 Å². The van der Waals surface area contributed by atoms with Crippen LogP contribution >= 0.6 is 11.3 Å². The van der Waals surface area contributed by atoms with Crippen molar-refractivity contribution < 1.29 is 37.3 Å². The number of rotatable bonds is 12. The molecule has 0 radical (unpaired) electrons. The maximum atomic E-state index is 13.9. The molecule has 4 heterocycles. The van der Waals surface area contributed by atoms with Gasteiger partial charge in [-0.3, -0.25) is 9.59 Å². The predicted octanol–water partition coefficient (Wildman–Crippen LogP) is 3.13. The minimum absolute atomic E-state index is 0.0193. The van der Waals surface area contributed by atoms with Crippen molar-refractivity contribution in [3.8, 4) is 5.75 Å². The molecule has 0 aliphatic carbocycles. The highest BCUT2D eigenvalue weighted by Crippen LogP contribution is 2.38. The number of carbonyl (C=O) groups excluding carboxylic acids is 2. The number of likely N-dealkylation sites (tertiary alicyclic amines) is 1. The first-order valence-corrected chi connectivity index (χ1v) is 18.3. The number of thiophene rings is 1. The minimum Gasteiger partial charge on any atom is -0.497 e. The molecular weight excluding hydrogens is 657 g/mol. The lowest BCUT2D eigenvalue weighted by molar-refractivity contribution is -0.154. The molecule has 2 fully saturated rings. The van der Waals surface area contributed by atoms with Crippen LogP contribution in [-0.2, 0) is 29.1 Å². The number of nitrogens with zero attached hydrogens (tertiary/aromatic N) is 3. The predicted molar refractivity (Wildman–Crippen MR) is 180 cm³/mol. The van der Waals surface area contributed by atoms with Gasteiger partial charge >= 0.3 is 0 Å². The normalized spacial score (nSPS) is 20.8. The Balaban J connectivity index is 1.12. The van der Waals surface area contributed by atoms with Gasteiger partial charge in [-0.2, -0.15) is 15.6 Å². The summed E-state index contributed by atoms with van der Waals surface area (Å²) in [6.45, 7) is 0.658. The first-order chi connectivity index (χ1) is 23.2. The largest absolute Gasteiger partial charge is 0.497 e. The van der Waals surface area contributed by atoms with Crippen LogP contribution in [0.4, 0.5) is 5.69 Å². The lowest BCUT2D eigenvalue weighted by Gasteiger charge is -2.43. The van der Waals surface area contributed by atoms with E-state index in [1.165, 1.54) is 19.2 Å². The first kappa shape index (κ1) is 33.9. The second kappa shape index (κ2) is 14.7. The zero-order chi connectivity index (χ0) is 33.7. The summed E-state index contributed by atoms with van der Waals surface area (Å²) in [4.78, 5) is 30.9. The average molecular weight is 697 g/mol. The van der Waals surface area contributed by atoms with Crippen molar-refractivity contribution in [1.82, 2.24) is 14.5 Å². The van der Waals surface area contributed by atoms with Crippen molar-refractivity contribution in [2.75, 3.05) is 58.1 Å². The van der Waals surface area contributed by atoms with Gasteiger partial charge in [-0.15, -0.1) is 0 Å². The van der Waals surface area contributed by atoms with E-state index in [1.807, 2.05) is 53.2 Å². The van der Waals surface area contributed by atoms with Gasteiger partial charge in [-0.25, -0.2) is 8.42 Å². The van der Waals surface area contributed by atoms with Gasteiger partial charge in [0.05, 0.1) is 31.9 Å². The van der Waals surface area contributed by atoms with E-state index in [2.05, 4.69) is 10.2 Å². The topological polar surface area (TPSA) is 138 Å². The number of nitrogens with one attached hydrogen (secondary N) is 1. The van der Waals surface area contributed by atoms with Crippen molar-refractivity contribution in [3.63, 3.8) is 0 Å². The second-order valence-corrected chi connectivity index (χ2v) is 14.6. The standard InChI is InChI=1S/C34H40N4O8S2/c1-44-28-7-9-29(10-8-28)48(42,43)37(16-18-39)17-19-45-31-22-26(25-11-20-47-23-25)21-30(46-31)32(40)36-14-12-34(13-15-36)33(41)35-24-38(34)27-5-3-2-4-6-27/h2-11,20-21,23,26,31,39H,12-19,22,24H2,1H3,(H,35,41)/t26-,31+/m0/s1. The third-order valence-corrected chi connectivity index (χ3v) is 11.8. The fourth-order valence-corrected chi connectivity index (χ4v) is 8.68. The average Bonchev–Trinajstić information content (AvgIpc) is 3.77. The number of ether oxygens (including phenoxy) is 3. The van der Waals surface area contributed by atoms with Crippen LogP contribution in [-0.4, -0.2) is 99.5 Å². The molecule has 2 amide bonds. The number of methoxy groups -OCH3 is 1. The summed E-state index contributed by atoms with van der Waals surface area (Å²) in [5.41, 5.74) is 1.27. The Kier molecular flexibility index (Phi) is 10.4. The molecule has 2 saturated heterocycles. The zero-order valence-electron chi connectivity index (χ0n) is 26.7. The van der Waals surface area contributed by atoms with Gasteiger partial charge in [0.15, 0.2) is 5.76 Å². The van der Waals surface area contributed by atoms with E-state index in [9.17, 15) is 23.1 Å². The summed E-state index contributed by atoms with van der Waals surface area (Å²) >= 11 is 1.56. The van der Waals surface area contributed by atoms with E-state index in [4.69, 9.17) is 14.2 Å². The molecule has 6 rings (SSSR count). The number of hydrogen-bond donors (Lipinski definition) is 2. The highest BCUT2D eigenvalue weighted by Gasteiger charge is 2.51. The maximum absolute atomic E-state index is 13.9. The molecule has 3 aliphatic rings. The monoisotopic (exact) mass is 696 g/mol. The number of hydrogen-bond acceptors (Lipinski definition) is 10. The van der Waals surface area contributed by atoms with Gasteiger partial charge in [0.25, 0.3) is 5.91 Å². The molecule has 2 aromatic carbocycles. The molecule has 2 N–H and O–H groups in total. The summed E-state index contributed by atoms with van der Waals surface area (Å²) in [5.74, 6) is 0.262. The van der Waals surface area contributed by atoms with Gasteiger partial charge in [-0.05, 0) is 77.7 Å². The van der Waals surface area contributed by atoms with E-state index in [0.29, 0.717) is 44.8 Å². The van der Waals surface area contributed by atoms with Crippen LogP contribution in [0.15, 0.2) is 88.2 Å². The highest BCUT2D eigenvalue weighted by molar-refractivity contribution is 7.89. The van der Waals surface area contributed by atoms with E-state index in [1.54, 1.807) is 28.4 Å². The molecule has 0 unspecified atom stereocenters. The highest BCUT2D eigenvalue weighted by atomic mass is 32.2. The van der Waals surface area contributed by atoms with Gasteiger partial charge in [0, 0.05) is 44.2 Å². The molecular formula is C34H40N4O8S2. The van der Waals surface area contributed by atoms with Crippen LogP contribution < -0.4 is 15.0 Å². The van der Waals surface area contributed by atoms with Crippen LogP contribution in [0, 0.1) is 0 Å². The molecule has 12 nitrogen and oxygen atoms in total. The number of amides is 2. The fraction of sp³-hybridized carbons (Fsp3) is 0.412. The minimum atomic E-state index is -3.92.